The molecule has 1 saturated heterocycles. The fraction of sp³-hybridized carbons (Fsp3) is 0.538. The van der Waals surface area contributed by atoms with Gasteiger partial charge >= 0.3 is 0 Å². The number of anilines is 2. The van der Waals surface area contributed by atoms with Gasteiger partial charge in [0.15, 0.2) is 0 Å². The van der Waals surface area contributed by atoms with Crippen LogP contribution in [0.3, 0.4) is 0 Å². The largest absolute Gasteiger partial charge is 0.398 e. The van der Waals surface area contributed by atoms with E-state index in [0.717, 1.165) is 22.3 Å². The summed E-state index contributed by atoms with van der Waals surface area (Å²) >= 11 is 3.62. The molecule has 1 aliphatic rings. The van der Waals surface area contributed by atoms with Crippen LogP contribution in [0.25, 0.3) is 0 Å². The van der Waals surface area contributed by atoms with E-state index in [0.29, 0.717) is 0 Å². The lowest BCUT2D eigenvalue weighted by atomic mass is 10.0. The van der Waals surface area contributed by atoms with E-state index in [1.54, 1.807) is 0 Å². The highest BCUT2D eigenvalue weighted by Crippen LogP contribution is 2.39. The maximum absolute atomic E-state index is 5.91. The summed E-state index contributed by atoms with van der Waals surface area (Å²) in [6.07, 6.45) is 2.52. The molecular weight excluding hydrogens is 264 g/mol. The van der Waals surface area contributed by atoms with Gasteiger partial charge in [-0.3, -0.25) is 0 Å². The summed E-state index contributed by atoms with van der Waals surface area (Å²) in [6.45, 7) is 7.81. The third-order valence-corrected chi connectivity index (χ3v) is 4.16. The highest BCUT2D eigenvalue weighted by molar-refractivity contribution is 9.10. The average molecular weight is 283 g/mol. The minimum absolute atomic E-state index is 0.255. The number of aryl methyl sites for hydroxylation is 1. The maximum Gasteiger partial charge on any atom is 0.0519 e. The van der Waals surface area contributed by atoms with E-state index in [1.807, 2.05) is 6.07 Å². The molecular formula is C13H19BrN2. The molecule has 2 rings (SSSR count). The van der Waals surface area contributed by atoms with E-state index >= 15 is 0 Å². The van der Waals surface area contributed by atoms with Gasteiger partial charge in [0.2, 0.25) is 0 Å². The number of nitrogen functional groups attached to an aromatic ring is 1. The Kier molecular flexibility index (Phi) is 2.91. The molecule has 16 heavy (non-hydrogen) atoms. The first kappa shape index (κ1) is 11.8. The summed E-state index contributed by atoms with van der Waals surface area (Å²) in [5, 5.41) is 0. The number of halogens is 1. The minimum atomic E-state index is 0.255. The van der Waals surface area contributed by atoms with Crippen LogP contribution in [-0.4, -0.2) is 12.1 Å². The molecule has 1 aliphatic heterocycles. The zero-order valence-electron chi connectivity index (χ0n) is 10.2. The fourth-order valence-electron chi connectivity index (χ4n) is 2.44. The molecule has 1 fully saturated rings. The number of rotatable bonds is 1. The van der Waals surface area contributed by atoms with Crippen molar-refractivity contribution in [1.29, 1.82) is 0 Å². The van der Waals surface area contributed by atoms with Crippen molar-refractivity contribution in [3.63, 3.8) is 0 Å². The van der Waals surface area contributed by atoms with Crippen LogP contribution in [0.15, 0.2) is 16.6 Å². The fourth-order valence-corrected chi connectivity index (χ4v) is 3.02. The third-order valence-electron chi connectivity index (χ3n) is 3.53. The highest BCUT2D eigenvalue weighted by Gasteiger charge is 2.33. The molecule has 1 aromatic rings. The van der Waals surface area contributed by atoms with Crippen molar-refractivity contribution in [1.82, 2.24) is 0 Å². The highest BCUT2D eigenvalue weighted by atomic mass is 79.9. The zero-order chi connectivity index (χ0) is 11.9. The lowest BCUT2D eigenvalue weighted by Crippen LogP contribution is -2.38. The number of hydrogen-bond acceptors (Lipinski definition) is 2. The molecule has 88 valence electrons. The van der Waals surface area contributed by atoms with Crippen LogP contribution >= 0.6 is 15.9 Å². The summed E-state index contributed by atoms with van der Waals surface area (Å²) < 4.78 is 1.10. The topological polar surface area (TPSA) is 29.3 Å². The van der Waals surface area contributed by atoms with E-state index in [1.165, 1.54) is 18.5 Å². The normalized spacial score (nSPS) is 19.1. The van der Waals surface area contributed by atoms with E-state index in [9.17, 15) is 0 Å². The number of hydrogen-bond donors (Lipinski definition) is 1. The lowest BCUT2D eigenvalue weighted by molar-refractivity contribution is 0.517. The Morgan fingerprint density at radius 2 is 2.06 bits per heavy atom. The molecule has 0 aliphatic carbocycles. The second-order valence-corrected chi connectivity index (χ2v) is 6.08. The monoisotopic (exact) mass is 282 g/mol. The molecule has 1 aromatic carbocycles. The maximum atomic E-state index is 5.91. The Morgan fingerprint density at radius 3 is 2.62 bits per heavy atom. The van der Waals surface area contributed by atoms with Crippen molar-refractivity contribution in [2.24, 2.45) is 0 Å². The van der Waals surface area contributed by atoms with E-state index < -0.39 is 0 Å². The zero-order valence-corrected chi connectivity index (χ0v) is 11.8. The van der Waals surface area contributed by atoms with Gasteiger partial charge in [-0.15, -0.1) is 0 Å². The first-order valence-corrected chi connectivity index (χ1v) is 6.54. The molecule has 0 radical (unpaired) electrons. The van der Waals surface area contributed by atoms with Crippen molar-refractivity contribution in [3.8, 4) is 0 Å². The van der Waals surface area contributed by atoms with Crippen LogP contribution in [0.1, 0.15) is 32.3 Å². The molecule has 0 unspecified atom stereocenters. The summed E-state index contributed by atoms with van der Waals surface area (Å²) in [5.41, 5.74) is 9.44. The third kappa shape index (κ3) is 1.93. The van der Waals surface area contributed by atoms with Crippen molar-refractivity contribution < 1.29 is 0 Å². The van der Waals surface area contributed by atoms with Crippen molar-refractivity contribution in [2.45, 2.75) is 39.2 Å². The van der Waals surface area contributed by atoms with E-state index in [2.05, 4.69) is 47.7 Å². The molecule has 0 atom stereocenters. The van der Waals surface area contributed by atoms with Gasteiger partial charge in [0, 0.05) is 22.2 Å². The van der Waals surface area contributed by atoms with Crippen LogP contribution in [0.4, 0.5) is 11.4 Å². The predicted molar refractivity (Wildman–Crippen MR) is 74.0 cm³/mol. The second kappa shape index (κ2) is 3.95. The standard InChI is InChI=1S/C13H19BrN2/c1-9-7-12(10(14)8-11(9)15)16-6-4-5-13(16,2)3/h7-8H,4-6,15H2,1-3H3. The first-order chi connectivity index (χ1) is 7.42. The predicted octanol–water partition coefficient (Wildman–Crippen LogP) is 3.72. The molecule has 0 saturated carbocycles. The van der Waals surface area contributed by atoms with Gasteiger partial charge in [-0.05, 0) is 67.2 Å². The van der Waals surface area contributed by atoms with Crippen LogP contribution in [0.2, 0.25) is 0 Å². The summed E-state index contributed by atoms with van der Waals surface area (Å²) in [5.74, 6) is 0. The molecule has 2 nitrogen and oxygen atoms in total. The van der Waals surface area contributed by atoms with Gasteiger partial charge in [0.05, 0.1) is 5.69 Å². The first-order valence-electron chi connectivity index (χ1n) is 5.75. The molecule has 3 heteroatoms. The van der Waals surface area contributed by atoms with Gasteiger partial charge < -0.3 is 10.6 Å². The molecule has 2 N–H and O–H groups in total. The summed E-state index contributed by atoms with van der Waals surface area (Å²) in [6, 6.07) is 4.20. The van der Waals surface area contributed by atoms with Gasteiger partial charge in [-0.25, -0.2) is 0 Å². The van der Waals surface area contributed by atoms with Gasteiger partial charge in [0.1, 0.15) is 0 Å². The van der Waals surface area contributed by atoms with Crippen molar-refractivity contribution in [2.75, 3.05) is 17.2 Å². The second-order valence-electron chi connectivity index (χ2n) is 5.23. The molecule has 1 heterocycles. The van der Waals surface area contributed by atoms with E-state index in [4.69, 9.17) is 5.73 Å². The lowest BCUT2D eigenvalue weighted by Gasteiger charge is -2.34. The average Bonchev–Trinajstić information content (AvgIpc) is 2.52. The van der Waals surface area contributed by atoms with Crippen LogP contribution < -0.4 is 10.6 Å². The number of nitrogens with two attached hydrogens (primary N) is 1. The minimum Gasteiger partial charge on any atom is -0.398 e. The smallest absolute Gasteiger partial charge is 0.0519 e. The molecule has 0 amide bonds. The molecule has 0 spiro atoms. The Hall–Kier alpha value is -0.700. The molecule has 0 bridgehead atoms. The van der Waals surface area contributed by atoms with Crippen LogP contribution in [0, 0.1) is 6.92 Å². The Balaban J connectivity index is 2.44. The Labute approximate surface area is 106 Å². The van der Waals surface area contributed by atoms with Crippen molar-refractivity contribution >= 4 is 27.3 Å². The SMILES string of the molecule is Cc1cc(N2CCCC2(C)C)c(Br)cc1N. The number of benzene rings is 1. The van der Waals surface area contributed by atoms with Gasteiger partial charge in [-0.2, -0.15) is 0 Å². The van der Waals surface area contributed by atoms with E-state index in [-0.39, 0.29) is 5.54 Å². The summed E-state index contributed by atoms with van der Waals surface area (Å²) in [7, 11) is 0. The van der Waals surface area contributed by atoms with Crippen LogP contribution in [-0.2, 0) is 0 Å². The number of nitrogens with zero attached hydrogens (tertiary/aromatic N) is 1. The van der Waals surface area contributed by atoms with Crippen molar-refractivity contribution in [3.05, 3.63) is 22.2 Å². The van der Waals surface area contributed by atoms with Crippen LogP contribution in [0.5, 0.6) is 0 Å². The van der Waals surface area contributed by atoms with Gasteiger partial charge in [-0.1, -0.05) is 0 Å². The summed E-state index contributed by atoms with van der Waals surface area (Å²) in [4.78, 5) is 2.48. The quantitative estimate of drug-likeness (QED) is 0.796. The van der Waals surface area contributed by atoms with Gasteiger partial charge in [0.25, 0.3) is 0 Å². The Bertz CT molecular complexity index is 413. The molecule has 0 aromatic heterocycles. The Morgan fingerprint density at radius 1 is 1.38 bits per heavy atom.